The van der Waals surface area contributed by atoms with Crippen molar-refractivity contribution in [2.24, 2.45) is 5.41 Å². The van der Waals surface area contributed by atoms with Crippen molar-refractivity contribution in [3.63, 3.8) is 0 Å². The van der Waals surface area contributed by atoms with Crippen LogP contribution < -0.4 is 10.6 Å². The summed E-state index contributed by atoms with van der Waals surface area (Å²) < 4.78 is 38.7. The first-order valence-electron chi connectivity index (χ1n) is 8.86. The molecule has 0 radical (unpaired) electrons. The van der Waals surface area contributed by atoms with Gasteiger partial charge in [0.25, 0.3) is 0 Å². The number of carbonyl (C=O) groups is 1. The van der Waals surface area contributed by atoms with Crippen LogP contribution in [-0.2, 0) is 17.6 Å². The molecule has 2 N–H and O–H groups in total. The monoisotopic (exact) mass is 373 g/mol. The maximum absolute atomic E-state index is 12.9. The molecular formula is C17H26F3N5O. The number of aryl methyl sites for hydroxylation is 2. The molecule has 0 aliphatic heterocycles. The SMILES string of the molecule is CCc1nnc(NC2(CNC(=O)CC(C)(C)C(F)(F)F)CC2)nc1CC. The molecule has 0 spiro atoms. The molecule has 2 rings (SSSR count). The topological polar surface area (TPSA) is 79.8 Å². The molecule has 0 aromatic carbocycles. The quantitative estimate of drug-likeness (QED) is 0.732. The molecule has 6 nitrogen and oxygen atoms in total. The Kier molecular flexibility index (Phi) is 5.77. The highest BCUT2D eigenvalue weighted by molar-refractivity contribution is 5.77. The Labute approximate surface area is 151 Å². The van der Waals surface area contributed by atoms with E-state index in [2.05, 4.69) is 25.8 Å². The minimum atomic E-state index is -4.42. The van der Waals surface area contributed by atoms with Gasteiger partial charge in [-0.05, 0) is 25.7 Å². The third-order valence-electron chi connectivity index (χ3n) is 4.73. The number of anilines is 1. The van der Waals surface area contributed by atoms with Gasteiger partial charge in [0.05, 0.1) is 22.3 Å². The average molecular weight is 373 g/mol. The maximum atomic E-state index is 12.9. The summed E-state index contributed by atoms with van der Waals surface area (Å²) in [5.41, 5.74) is -0.735. The van der Waals surface area contributed by atoms with Crippen LogP contribution in [-0.4, -0.2) is 39.3 Å². The van der Waals surface area contributed by atoms with Gasteiger partial charge in [0.1, 0.15) is 0 Å². The van der Waals surface area contributed by atoms with Crippen molar-refractivity contribution in [2.75, 3.05) is 11.9 Å². The fraction of sp³-hybridized carbons (Fsp3) is 0.765. The Morgan fingerprint density at radius 1 is 1.12 bits per heavy atom. The largest absolute Gasteiger partial charge is 0.394 e. The number of carbonyl (C=O) groups excluding carboxylic acids is 1. The van der Waals surface area contributed by atoms with Gasteiger partial charge < -0.3 is 10.6 Å². The van der Waals surface area contributed by atoms with Gasteiger partial charge in [-0.2, -0.15) is 18.3 Å². The lowest BCUT2D eigenvalue weighted by atomic mass is 9.88. The van der Waals surface area contributed by atoms with Crippen LogP contribution in [0.25, 0.3) is 0 Å². The summed E-state index contributed by atoms with van der Waals surface area (Å²) >= 11 is 0. The first kappa shape index (κ1) is 20.4. The fourth-order valence-electron chi connectivity index (χ4n) is 2.56. The zero-order chi connectivity index (χ0) is 19.6. The highest BCUT2D eigenvalue weighted by atomic mass is 19.4. The second-order valence-corrected chi connectivity index (χ2v) is 7.48. The molecule has 1 aliphatic carbocycles. The van der Waals surface area contributed by atoms with Crippen LogP contribution in [0.15, 0.2) is 0 Å². The highest BCUT2D eigenvalue weighted by Crippen LogP contribution is 2.41. The predicted molar refractivity (Wildman–Crippen MR) is 91.6 cm³/mol. The molecule has 0 saturated heterocycles. The highest BCUT2D eigenvalue weighted by Gasteiger charge is 2.49. The number of rotatable bonds is 8. The van der Waals surface area contributed by atoms with Gasteiger partial charge in [-0.25, -0.2) is 4.98 Å². The van der Waals surface area contributed by atoms with Gasteiger partial charge >= 0.3 is 6.18 Å². The first-order valence-corrected chi connectivity index (χ1v) is 8.86. The summed E-state index contributed by atoms with van der Waals surface area (Å²) in [4.78, 5) is 16.4. The number of hydrogen-bond acceptors (Lipinski definition) is 5. The molecule has 1 aliphatic rings. The molecule has 0 atom stereocenters. The number of halogens is 3. The number of nitrogens with one attached hydrogen (secondary N) is 2. The number of nitrogens with zero attached hydrogens (tertiary/aromatic N) is 3. The summed E-state index contributed by atoms with van der Waals surface area (Å²) in [6, 6.07) is 0. The summed E-state index contributed by atoms with van der Waals surface area (Å²) in [7, 11) is 0. The van der Waals surface area contributed by atoms with Crippen LogP contribution >= 0.6 is 0 Å². The lowest BCUT2D eigenvalue weighted by molar-refractivity contribution is -0.213. The van der Waals surface area contributed by atoms with E-state index in [0.29, 0.717) is 5.95 Å². The fourth-order valence-corrected chi connectivity index (χ4v) is 2.56. The van der Waals surface area contributed by atoms with E-state index in [9.17, 15) is 18.0 Å². The lowest BCUT2D eigenvalue weighted by Gasteiger charge is -2.27. The minimum absolute atomic E-state index is 0.236. The van der Waals surface area contributed by atoms with Crippen molar-refractivity contribution in [3.05, 3.63) is 11.4 Å². The van der Waals surface area contributed by atoms with Crippen LogP contribution in [0.5, 0.6) is 0 Å². The Morgan fingerprint density at radius 2 is 1.73 bits per heavy atom. The van der Waals surface area contributed by atoms with Crippen molar-refractivity contribution < 1.29 is 18.0 Å². The van der Waals surface area contributed by atoms with Crippen LogP contribution in [0.2, 0.25) is 0 Å². The van der Waals surface area contributed by atoms with Gasteiger partial charge in [0.2, 0.25) is 11.9 Å². The standard InChI is InChI=1S/C17H26F3N5O/c1-5-11-12(6-2)24-25-14(22-11)23-16(7-8-16)10-21-13(26)9-15(3,4)17(18,19)20/h5-10H2,1-4H3,(H,21,26)(H,22,23,25). The molecular weight excluding hydrogens is 347 g/mol. The van der Waals surface area contributed by atoms with E-state index in [1.807, 2.05) is 13.8 Å². The lowest BCUT2D eigenvalue weighted by Crippen LogP contribution is -2.42. The van der Waals surface area contributed by atoms with Gasteiger partial charge in [-0.15, -0.1) is 5.10 Å². The van der Waals surface area contributed by atoms with E-state index >= 15 is 0 Å². The Hall–Kier alpha value is -1.93. The molecule has 1 saturated carbocycles. The number of alkyl halides is 3. The molecule has 1 heterocycles. The molecule has 0 unspecified atom stereocenters. The Balaban J connectivity index is 1.93. The summed E-state index contributed by atoms with van der Waals surface area (Å²) in [5.74, 6) is -0.226. The average Bonchev–Trinajstić information content (AvgIpc) is 3.31. The Bertz CT molecular complexity index is 656. The van der Waals surface area contributed by atoms with Crippen LogP contribution in [0.1, 0.15) is 58.3 Å². The molecule has 1 amide bonds. The van der Waals surface area contributed by atoms with Crippen LogP contribution in [0.3, 0.4) is 0 Å². The van der Waals surface area contributed by atoms with Crippen molar-refractivity contribution in [1.29, 1.82) is 0 Å². The van der Waals surface area contributed by atoms with E-state index in [1.165, 1.54) is 0 Å². The summed E-state index contributed by atoms with van der Waals surface area (Å²) in [6.07, 6.45) is -1.96. The predicted octanol–water partition coefficient (Wildman–Crippen LogP) is 3.04. The summed E-state index contributed by atoms with van der Waals surface area (Å²) in [6.45, 7) is 6.26. The van der Waals surface area contributed by atoms with E-state index in [1.54, 1.807) is 0 Å². The molecule has 146 valence electrons. The number of hydrogen-bond donors (Lipinski definition) is 2. The van der Waals surface area contributed by atoms with Gasteiger partial charge in [0.15, 0.2) is 0 Å². The molecule has 1 fully saturated rings. The van der Waals surface area contributed by atoms with Crippen molar-refractivity contribution >= 4 is 11.9 Å². The van der Waals surface area contributed by atoms with Crippen molar-refractivity contribution in [2.45, 2.75) is 71.5 Å². The minimum Gasteiger partial charge on any atom is -0.354 e. The van der Waals surface area contributed by atoms with Gasteiger partial charge in [-0.3, -0.25) is 4.79 Å². The molecule has 0 bridgehead atoms. The smallest absolute Gasteiger partial charge is 0.354 e. The van der Waals surface area contributed by atoms with E-state index in [-0.39, 0.29) is 6.54 Å². The third kappa shape index (κ3) is 4.82. The van der Waals surface area contributed by atoms with Crippen molar-refractivity contribution in [3.8, 4) is 0 Å². The zero-order valence-corrected chi connectivity index (χ0v) is 15.6. The van der Waals surface area contributed by atoms with Crippen LogP contribution in [0.4, 0.5) is 19.1 Å². The maximum Gasteiger partial charge on any atom is 0.394 e. The second-order valence-electron chi connectivity index (χ2n) is 7.48. The first-order chi connectivity index (χ1) is 12.0. The summed E-state index contributed by atoms with van der Waals surface area (Å²) in [5, 5.41) is 14.0. The molecule has 26 heavy (non-hydrogen) atoms. The van der Waals surface area contributed by atoms with Crippen molar-refractivity contribution in [1.82, 2.24) is 20.5 Å². The molecule has 1 aromatic rings. The van der Waals surface area contributed by atoms with E-state index < -0.39 is 29.5 Å². The number of aromatic nitrogens is 3. The Morgan fingerprint density at radius 3 is 2.23 bits per heavy atom. The normalized spacial score (nSPS) is 16.3. The molecule has 9 heteroatoms. The van der Waals surface area contributed by atoms with E-state index in [4.69, 9.17) is 0 Å². The van der Waals surface area contributed by atoms with Gasteiger partial charge in [0, 0.05) is 13.0 Å². The molecule has 1 aromatic heterocycles. The van der Waals surface area contributed by atoms with E-state index in [0.717, 1.165) is 50.9 Å². The number of amides is 1. The third-order valence-corrected chi connectivity index (χ3v) is 4.73. The second kappa shape index (κ2) is 7.36. The zero-order valence-electron chi connectivity index (χ0n) is 15.6. The van der Waals surface area contributed by atoms with Crippen LogP contribution in [0, 0.1) is 5.41 Å². The van der Waals surface area contributed by atoms with Gasteiger partial charge in [-0.1, -0.05) is 27.7 Å².